The first-order valence-corrected chi connectivity index (χ1v) is 7.28. The molecule has 0 radical (unpaired) electrons. The lowest BCUT2D eigenvalue weighted by Gasteiger charge is -2.29. The number of hydrogen-bond donors (Lipinski definition) is 1. The van der Waals surface area contributed by atoms with E-state index in [9.17, 15) is 5.11 Å². The third kappa shape index (κ3) is 8.12. The maximum atomic E-state index is 9.72. The van der Waals surface area contributed by atoms with Gasteiger partial charge in [0.05, 0.1) is 18.8 Å². The van der Waals surface area contributed by atoms with Crippen molar-refractivity contribution in [2.45, 2.75) is 46.9 Å². The third-order valence-electron chi connectivity index (χ3n) is 1.80. The van der Waals surface area contributed by atoms with Gasteiger partial charge in [-0.05, 0) is 49.8 Å². The molecule has 3 nitrogen and oxygen atoms in total. The Morgan fingerprint density at radius 3 is 2.33 bits per heavy atom. The number of aliphatic hydroxyl groups is 1. The molecular weight excluding hydrogens is 422 g/mol. The van der Waals surface area contributed by atoms with E-state index in [-0.39, 0.29) is 13.6 Å². The second-order valence-electron chi connectivity index (χ2n) is 4.01. The van der Waals surface area contributed by atoms with Crippen LogP contribution >= 0.6 is 45.2 Å². The summed E-state index contributed by atoms with van der Waals surface area (Å²) in [5.74, 6) is 0. The molecule has 0 aliphatic rings. The van der Waals surface area contributed by atoms with Crippen LogP contribution in [0.3, 0.4) is 0 Å². The first-order valence-electron chi connectivity index (χ1n) is 4.96. The van der Waals surface area contributed by atoms with Gasteiger partial charge in [-0.1, -0.05) is 22.6 Å². The van der Waals surface area contributed by atoms with Crippen LogP contribution in [0.1, 0.15) is 27.2 Å². The Bertz CT molecular complexity index is 174. The monoisotopic (exact) mass is 442 g/mol. The van der Waals surface area contributed by atoms with Crippen molar-refractivity contribution < 1.29 is 14.6 Å². The number of alkyl halides is 2. The fourth-order valence-corrected chi connectivity index (χ4v) is 4.17. The van der Waals surface area contributed by atoms with Crippen LogP contribution in [-0.4, -0.2) is 38.6 Å². The molecule has 0 rings (SSSR count). The SMILES string of the molecule is COC[C@@H](O)C(I)CC(C)(I)OC(C)C. The van der Waals surface area contributed by atoms with E-state index in [0.29, 0.717) is 6.61 Å². The average molecular weight is 442 g/mol. The molecule has 0 fully saturated rings. The lowest BCUT2D eigenvalue weighted by molar-refractivity contribution is -0.00848. The summed E-state index contributed by atoms with van der Waals surface area (Å²) in [5.41, 5.74) is 0. The van der Waals surface area contributed by atoms with Gasteiger partial charge in [0.2, 0.25) is 0 Å². The minimum Gasteiger partial charge on any atom is -0.390 e. The molecule has 2 unspecified atom stereocenters. The Balaban J connectivity index is 4.07. The van der Waals surface area contributed by atoms with Gasteiger partial charge in [0, 0.05) is 11.0 Å². The van der Waals surface area contributed by atoms with Gasteiger partial charge in [-0.2, -0.15) is 0 Å². The van der Waals surface area contributed by atoms with E-state index in [4.69, 9.17) is 9.47 Å². The number of rotatable bonds is 7. The Hall–Kier alpha value is 1.34. The van der Waals surface area contributed by atoms with Crippen molar-refractivity contribution in [2.75, 3.05) is 13.7 Å². The summed E-state index contributed by atoms with van der Waals surface area (Å²) in [6.07, 6.45) is 0.576. The predicted molar refractivity (Wildman–Crippen MR) is 79.0 cm³/mol. The molecule has 0 amide bonds. The Labute approximate surface area is 120 Å². The molecule has 0 saturated carbocycles. The van der Waals surface area contributed by atoms with E-state index in [1.54, 1.807) is 7.11 Å². The largest absolute Gasteiger partial charge is 0.390 e. The van der Waals surface area contributed by atoms with Crippen molar-refractivity contribution in [3.05, 3.63) is 0 Å². The van der Waals surface area contributed by atoms with E-state index in [1.807, 2.05) is 20.8 Å². The maximum absolute atomic E-state index is 9.72. The summed E-state index contributed by atoms with van der Waals surface area (Å²) in [6, 6.07) is 0. The van der Waals surface area contributed by atoms with Crippen molar-refractivity contribution in [3.63, 3.8) is 0 Å². The fraction of sp³-hybridized carbons (Fsp3) is 1.00. The van der Waals surface area contributed by atoms with Crippen molar-refractivity contribution in [1.29, 1.82) is 0 Å². The Kier molecular flexibility index (Phi) is 8.31. The summed E-state index contributed by atoms with van der Waals surface area (Å²) in [4.78, 5) is 0. The highest BCUT2D eigenvalue weighted by Gasteiger charge is 2.29. The molecule has 0 saturated heterocycles. The molecule has 0 heterocycles. The molecule has 0 spiro atoms. The Morgan fingerprint density at radius 1 is 1.40 bits per heavy atom. The van der Waals surface area contributed by atoms with Gasteiger partial charge in [0.1, 0.15) is 3.61 Å². The van der Waals surface area contributed by atoms with Crippen LogP contribution in [0.4, 0.5) is 0 Å². The van der Waals surface area contributed by atoms with Gasteiger partial charge in [-0.15, -0.1) is 0 Å². The molecule has 92 valence electrons. The third-order valence-corrected chi connectivity index (χ3v) is 3.76. The molecule has 3 atom stereocenters. The maximum Gasteiger partial charge on any atom is 0.117 e. The van der Waals surface area contributed by atoms with E-state index in [1.165, 1.54) is 0 Å². The average Bonchev–Trinajstić information content (AvgIpc) is 2.00. The quantitative estimate of drug-likeness (QED) is 0.487. The van der Waals surface area contributed by atoms with Gasteiger partial charge in [-0.25, -0.2) is 0 Å². The highest BCUT2D eigenvalue weighted by Crippen LogP contribution is 2.31. The summed E-state index contributed by atoms with van der Waals surface area (Å²) in [5, 5.41) is 9.72. The number of aliphatic hydroxyl groups excluding tert-OH is 1. The van der Waals surface area contributed by atoms with Crippen molar-refractivity contribution >= 4 is 45.2 Å². The minimum absolute atomic E-state index is 0.142. The van der Waals surface area contributed by atoms with Crippen molar-refractivity contribution in [3.8, 4) is 0 Å². The highest BCUT2D eigenvalue weighted by molar-refractivity contribution is 14.1. The first kappa shape index (κ1) is 16.3. The van der Waals surface area contributed by atoms with E-state index in [2.05, 4.69) is 45.2 Å². The molecule has 0 aromatic carbocycles. The van der Waals surface area contributed by atoms with Gasteiger partial charge in [0.25, 0.3) is 0 Å². The minimum atomic E-state index is -0.430. The molecule has 0 aliphatic carbocycles. The van der Waals surface area contributed by atoms with Crippen LogP contribution < -0.4 is 0 Å². The second-order valence-corrected chi connectivity index (χ2v) is 7.89. The normalized spacial score (nSPS) is 20.0. The van der Waals surface area contributed by atoms with Crippen molar-refractivity contribution in [2.24, 2.45) is 0 Å². The number of halogens is 2. The first-order chi connectivity index (χ1) is 6.78. The molecule has 15 heavy (non-hydrogen) atoms. The van der Waals surface area contributed by atoms with Crippen LogP contribution in [0.2, 0.25) is 0 Å². The van der Waals surface area contributed by atoms with Crippen LogP contribution in [0, 0.1) is 0 Å². The van der Waals surface area contributed by atoms with Crippen LogP contribution in [-0.2, 0) is 9.47 Å². The number of methoxy groups -OCH3 is 1. The van der Waals surface area contributed by atoms with Crippen LogP contribution in [0.25, 0.3) is 0 Å². The molecule has 0 bridgehead atoms. The van der Waals surface area contributed by atoms with E-state index in [0.717, 1.165) is 6.42 Å². The topological polar surface area (TPSA) is 38.7 Å². The predicted octanol–water partition coefficient (Wildman–Crippen LogP) is 2.76. The number of ether oxygens (including phenoxy) is 2. The lowest BCUT2D eigenvalue weighted by Crippen LogP contribution is -2.34. The molecule has 0 aromatic heterocycles. The summed E-state index contributed by atoms with van der Waals surface area (Å²) >= 11 is 4.54. The smallest absolute Gasteiger partial charge is 0.117 e. The zero-order chi connectivity index (χ0) is 12.1. The number of hydrogen-bond acceptors (Lipinski definition) is 3. The second kappa shape index (κ2) is 7.62. The molecular formula is C10H20I2O3. The van der Waals surface area contributed by atoms with Gasteiger partial charge in [0.15, 0.2) is 0 Å². The van der Waals surface area contributed by atoms with Gasteiger partial charge < -0.3 is 14.6 Å². The zero-order valence-electron chi connectivity index (χ0n) is 9.67. The van der Waals surface area contributed by atoms with E-state index < -0.39 is 6.10 Å². The van der Waals surface area contributed by atoms with Gasteiger partial charge >= 0.3 is 0 Å². The standard InChI is InChI=1S/C10H20I2O3/c1-7(2)15-10(3,12)5-8(11)9(13)6-14-4/h7-9,13H,5-6H2,1-4H3/t8?,9-,10?/m1/s1. The summed E-state index contributed by atoms with van der Waals surface area (Å²) in [6.45, 7) is 6.45. The van der Waals surface area contributed by atoms with Crippen LogP contribution in [0.15, 0.2) is 0 Å². The summed E-state index contributed by atoms with van der Waals surface area (Å²) < 4.78 is 10.6. The fourth-order valence-electron chi connectivity index (χ4n) is 1.30. The van der Waals surface area contributed by atoms with Crippen LogP contribution in [0.5, 0.6) is 0 Å². The summed E-state index contributed by atoms with van der Waals surface area (Å²) in [7, 11) is 1.60. The van der Waals surface area contributed by atoms with Gasteiger partial charge in [-0.3, -0.25) is 0 Å². The molecule has 0 aromatic rings. The Morgan fingerprint density at radius 2 is 1.93 bits per heavy atom. The molecule has 5 heteroatoms. The lowest BCUT2D eigenvalue weighted by atomic mass is 10.1. The van der Waals surface area contributed by atoms with Crippen molar-refractivity contribution in [1.82, 2.24) is 0 Å². The van der Waals surface area contributed by atoms with E-state index >= 15 is 0 Å². The highest BCUT2D eigenvalue weighted by atomic mass is 127. The molecule has 1 N–H and O–H groups in total. The molecule has 0 aliphatic heterocycles. The zero-order valence-corrected chi connectivity index (χ0v) is 14.0.